The number of carboxylic acids is 1. The summed E-state index contributed by atoms with van der Waals surface area (Å²) in [6, 6.07) is 5.28. The summed E-state index contributed by atoms with van der Waals surface area (Å²) in [6.07, 6.45) is 2.16. The summed E-state index contributed by atoms with van der Waals surface area (Å²) >= 11 is 0. The zero-order valence-electron chi connectivity index (χ0n) is 23.1. The fourth-order valence-electron chi connectivity index (χ4n) is 4.53. The van der Waals surface area contributed by atoms with Gasteiger partial charge in [0.2, 0.25) is 17.7 Å². The van der Waals surface area contributed by atoms with Gasteiger partial charge in [-0.3, -0.25) is 24.4 Å². The first-order valence-corrected chi connectivity index (χ1v) is 13.5. The monoisotopic (exact) mass is 574 g/mol. The predicted molar refractivity (Wildman–Crippen MR) is 154 cm³/mol. The Labute approximate surface area is 239 Å². The fourth-order valence-corrected chi connectivity index (χ4v) is 4.53. The summed E-state index contributed by atoms with van der Waals surface area (Å²) in [6.45, 7) is 0.723. The minimum Gasteiger partial charge on any atom is -0.480 e. The zero-order valence-corrected chi connectivity index (χ0v) is 23.1. The van der Waals surface area contributed by atoms with E-state index in [9.17, 15) is 24.3 Å². The summed E-state index contributed by atoms with van der Waals surface area (Å²) in [5.74, 6) is -2.98. The zero-order chi connectivity index (χ0) is 30.4. The number of carbonyl (C=O) groups excluding carboxylic acids is 3. The number of aliphatic carboxylic acids is 1. The minimum absolute atomic E-state index is 0.0932. The van der Waals surface area contributed by atoms with Crippen molar-refractivity contribution in [2.24, 2.45) is 38.7 Å². The van der Waals surface area contributed by atoms with Gasteiger partial charge < -0.3 is 49.3 Å². The Bertz CT molecular complexity index is 1090. The van der Waals surface area contributed by atoms with Crippen molar-refractivity contribution in [2.45, 2.75) is 69.1 Å². The molecule has 1 aliphatic rings. The summed E-state index contributed by atoms with van der Waals surface area (Å²) in [4.78, 5) is 60.6. The van der Waals surface area contributed by atoms with Gasteiger partial charge in [-0.25, -0.2) is 4.79 Å². The smallest absolute Gasteiger partial charge is 0.326 e. The molecule has 0 aromatic heterocycles. The van der Waals surface area contributed by atoms with Crippen molar-refractivity contribution < 1.29 is 24.3 Å². The summed E-state index contributed by atoms with van der Waals surface area (Å²) in [5.41, 5.74) is 28.4. The summed E-state index contributed by atoms with van der Waals surface area (Å²) in [5, 5.41) is 14.8. The highest BCUT2D eigenvalue weighted by atomic mass is 16.4. The molecule has 13 N–H and O–H groups in total. The molecule has 3 amide bonds. The molecule has 2 rings (SSSR count). The molecule has 4 atom stereocenters. The van der Waals surface area contributed by atoms with E-state index in [4.69, 9.17) is 28.7 Å². The van der Waals surface area contributed by atoms with E-state index in [0.717, 1.165) is 5.56 Å². The van der Waals surface area contributed by atoms with Crippen LogP contribution in [0.15, 0.2) is 40.3 Å². The van der Waals surface area contributed by atoms with Gasteiger partial charge in [-0.05, 0) is 50.5 Å². The number of guanidine groups is 2. The number of aliphatic imine (C=N–C) groups is 2. The molecule has 0 radical (unpaired) electrons. The highest BCUT2D eigenvalue weighted by Crippen LogP contribution is 2.20. The van der Waals surface area contributed by atoms with Crippen LogP contribution in [0, 0.1) is 0 Å². The number of nitrogens with zero attached hydrogens (tertiary/aromatic N) is 3. The van der Waals surface area contributed by atoms with Gasteiger partial charge in [-0.15, -0.1) is 0 Å². The molecule has 1 aromatic rings. The third kappa shape index (κ3) is 11.3. The first kappa shape index (κ1) is 32.8. The van der Waals surface area contributed by atoms with Gasteiger partial charge in [0.05, 0.1) is 6.04 Å². The third-order valence-electron chi connectivity index (χ3n) is 6.59. The molecule has 226 valence electrons. The molecular formula is C26H42N10O5. The Morgan fingerprint density at radius 1 is 0.927 bits per heavy atom. The highest BCUT2D eigenvalue weighted by Gasteiger charge is 2.39. The predicted octanol–water partition coefficient (Wildman–Crippen LogP) is -2.29. The first-order chi connectivity index (χ1) is 19.5. The van der Waals surface area contributed by atoms with Crippen molar-refractivity contribution in [3.8, 4) is 0 Å². The van der Waals surface area contributed by atoms with E-state index >= 15 is 0 Å². The Morgan fingerprint density at radius 3 is 2.07 bits per heavy atom. The van der Waals surface area contributed by atoms with Gasteiger partial charge in [0, 0.05) is 19.6 Å². The van der Waals surface area contributed by atoms with E-state index < -0.39 is 47.9 Å². The van der Waals surface area contributed by atoms with Crippen molar-refractivity contribution in [3.05, 3.63) is 35.9 Å². The van der Waals surface area contributed by atoms with Crippen LogP contribution in [0.5, 0.6) is 0 Å². The maximum atomic E-state index is 13.6. The van der Waals surface area contributed by atoms with Crippen LogP contribution in [0.3, 0.4) is 0 Å². The van der Waals surface area contributed by atoms with Crippen LogP contribution in [-0.2, 0) is 25.6 Å². The molecule has 41 heavy (non-hydrogen) atoms. The van der Waals surface area contributed by atoms with Crippen molar-refractivity contribution in [2.75, 3.05) is 19.6 Å². The second kappa shape index (κ2) is 16.6. The largest absolute Gasteiger partial charge is 0.480 e. The number of amides is 3. The van der Waals surface area contributed by atoms with Crippen LogP contribution in [0.1, 0.15) is 44.1 Å². The SMILES string of the molecule is NC(N)=NCCCC(NC(=O)C1CCCN1C(=O)C(CCCN=C(N)N)NC(=O)C(N)Cc1ccccc1)C(=O)O. The second-order valence-corrected chi connectivity index (χ2v) is 9.84. The van der Waals surface area contributed by atoms with Gasteiger partial charge in [-0.1, -0.05) is 30.3 Å². The van der Waals surface area contributed by atoms with Crippen molar-refractivity contribution in [3.63, 3.8) is 0 Å². The number of benzene rings is 1. The normalized spacial score (nSPS) is 16.6. The molecule has 0 spiro atoms. The van der Waals surface area contributed by atoms with Gasteiger partial charge in [0.15, 0.2) is 11.9 Å². The molecule has 1 saturated heterocycles. The van der Waals surface area contributed by atoms with Crippen LogP contribution in [0.25, 0.3) is 0 Å². The first-order valence-electron chi connectivity index (χ1n) is 13.5. The van der Waals surface area contributed by atoms with E-state index in [1.54, 1.807) is 0 Å². The molecule has 0 saturated carbocycles. The number of rotatable bonds is 16. The standard InChI is InChI=1S/C26H42N10O5/c27-17(15-16-7-2-1-3-8-16)21(37)34-18(9-4-12-32-25(28)29)23(39)36-14-6-11-20(36)22(38)35-19(24(40)41)10-5-13-33-26(30)31/h1-3,7-8,17-20H,4-6,9-15,27H2,(H,34,37)(H,35,38)(H,40,41)(H4,28,29,32)(H4,30,31,33). The van der Waals surface area contributed by atoms with Crippen molar-refractivity contribution in [1.82, 2.24) is 15.5 Å². The quantitative estimate of drug-likeness (QED) is 0.0594. The van der Waals surface area contributed by atoms with Gasteiger partial charge in [-0.2, -0.15) is 0 Å². The topological polar surface area (TPSA) is 271 Å². The lowest BCUT2D eigenvalue weighted by Gasteiger charge is -2.30. The lowest BCUT2D eigenvalue weighted by Crippen LogP contribution is -2.57. The summed E-state index contributed by atoms with van der Waals surface area (Å²) in [7, 11) is 0. The number of hydrogen-bond acceptors (Lipinski definition) is 7. The van der Waals surface area contributed by atoms with E-state index in [0.29, 0.717) is 25.7 Å². The van der Waals surface area contributed by atoms with Crippen LogP contribution in [-0.4, -0.2) is 89.4 Å². The van der Waals surface area contributed by atoms with E-state index in [2.05, 4.69) is 20.6 Å². The number of carbonyl (C=O) groups is 4. The number of nitrogens with two attached hydrogens (primary N) is 5. The molecule has 0 aliphatic carbocycles. The Hall–Kier alpha value is -4.40. The molecule has 4 unspecified atom stereocenters. The number of carboxylic acid groups (broad SMARTS) is 1. The molecule has 1 aliphatic heterocycles. The maximum Gasteiger partial charge on any atom is 0.326 e. The number of hydrogen-bond donors (Lipinski definition) is 8. The molecular weight excluding hydrogens is 532 g/mol. The highest BCUT2D eigenvalue weighted by molar-refractivity contribution is 5.94. The van der Waals surface area contributed by atoms with Gasteiger partial charge in [0.1, 0.15) is 18.1 Å². The number of nitrogens with one attached hydrogen (secondary N) is 2. The van der Waals surface area contributed by atoms with Crippen LogP contribution in [0.4, 0.5) is 0 Å². The van der Waals surface area contributed by atoms with Crippen molar-refractivity contribution >= 4 is 35.6 Å². The molecule has 1 fully saturated rings. The van der Waals surface area contributed by atoms with Crippen molar-refractivity contribution in [1.29, 1.82) is 0 Å². The molecule has 15 nitrogen and oxygen atoms in total. The number of likely N-dealkylation sites (tertiary alicyclic amines) is 1. The summed E-state index contributed by atoms with van der Waals surface area (Å²) < 4.78 is 0. The third-order valence-corrected chi connectivity index (χ3v) is 6.59. The van der Waals surface area contributed by atoms with Crippen LogP contribution < -0.4 is 39.3 Å². The molecule has 1 aromatic carbocycles. The van der Waals surface area contributed by atoms with Gasteiger partial charge in [0.25, 0.3) is 0 Å². The molecule has 15 heteroatoms. The molecule has 1 heterocycles. The second-order valence-electron chi connectivity index (χ2n) is 9.84. The van der Waals surface area contributed by atoms with Crippen LogP contribution in [0.2, 0.25) is 0 Å². The minimum atomic E-state index is -1.21. The lowest BCUT2D eigenvalue weighted by atomic mass is 10.0. The van der Waals surface area contributed by atoms with E-state index in [1.165, 1.54) is 4.90 Å². The van der Waals surface area contributed by atoms with Gasteiger partial charge >= 0.3 is 5.97 Å². The Morgan fingerprint density at radius 2 is 1.51 bits per heavy atom. The maximum absolute atomic E-state index is 13.6. The van der Waals surface area contributed by atoms with Crippen LogP contribution >= 0.6 is 0 Å². The average molecular weight is 575 g/mol. The average Bonchev–Trinajstić information content (AvgIpc) is 3.42. The Balaban J connectivity index is 2.10. The Kier molecular flexibility index (Phi) is 13.3. The fraction of sp³-hybridized carbons (Fsp3) is 0.538. The lowest BCUT2D eigenvalue weighted by molar-refractivity contribution is -0.145. The van der Waals surface area contributed by atoms with E-state index in [1.807, 2.05) is 30.3 Å². The van der Waals surface area contributed by atoms with E-state index in [-0.39, 0.29) is 50.8 Å². The molecule has 0 bridgehead atoms.